The molecule has 1 aliphatic heterocycles. The molecule has 0 aromatic heterocycles. The topological polar surface area (TPSA) is 93.4 Å². The highest BCUT2D eigenvalue weighted by atomic mass is 19.1. The molecule has 2 fully saturated rings. The molecule has 1 unspecified atom stereocenters. The first-order valence-electron chi connectivity index (χ1n) is 10.3. The molecule has 0 radical (unpaired) electrons. The summed E-state index contributed by atoms with van der Waals surface area (Å²) in [4.78, 5) is 15.2. The highest BCUT2D eigenvalue weighted by Gasteiger charge is 2.44. The molecule has 1 atom stereocenters. The molecule has 0 bridgehead atoms. The summed E-state index contributed by atoms with van der Waals surface area (Å²) < 4.78 is 38.5. The van der Waals surface area contributed by atoms with Crippen molar-refractivity contribution in [3.63, 3.8) is 0 Å². The number of hydrogen-bond donors (Lipinski definition) is 3. The van der Waals surface area contributed by atoms with Gasteiger partial charge in [0.1, 0.15) is 11.6 Å². The number of anilines is 1. The molecule has 2 aliphatic rings. The van der Waals surface area contributed by atoms with E-state index in [0.717, 1.165) is 57.2 Å². The summed E-state index contributed by atoms with van der Waals surface area (Å²) in [6.07, 6.45) is 1.91. The minimum atomic E-state index is -0.771. The number of nitrogens with one attached hydrogen (secondary N) is 1. The number of halogens is 2. The number of methoxy groups -OCH3 is 1. The van der Waals surface area contributed by atoms with Crippen LogP contribution in [0.15, 0.2) is 29.7 Å². The number of carbonyl (C=O) groups excluding carboxylic acids is 1. The third-order valence-corrected chi connectivity index (χ3v) is 5.47. The fraction of sp³-hybridized carbons (Fsp3) is 0.571. The molecule has 1 saturated carbocycles. The van der Waals surface area contributed by atoms with E-state index >= 15 is 0 Å². The van der Waals surface area contributed by atoms with E-state index in [1.807, 2.05) is 0 Å². The van der Waals surface area contributed by atoms with Gasteiger partial charge in [0.15, 0.2) is 0 Å². The molecule has 1 amide bonds. The van der Waals surface area contributed by atoms with E-state index in [1.165, 1.54) is 0 Å². The Kier molecular flexibility index (Phi) is 7.27. The third kappa shape index (κ3) is 5.68. The number of rotatable bonds is 9. The number of ether oxygens (including phenoxy) is 2. The SMILES string of the molecule is COCC1(CO/C(C(=O)Nc2cc(F)cc(F)c2)=C(/C(C)N)N2CC[NH2+]CC2)CC1. The summed E-state index contributed by atoms with van der Waals surface area (Å²) in [6, 6.07) is 2.42. The van der Waals surface area contributed by atoms with Gasteiger partial charge in [-0.1, -0.05) is 0 Å². The second kappa shape index (κ2) is 9.72. The summed E-state index contributed by atoms with van der Waals surface area (Å²) in [5.74, 6) is -2.02. The Morgan fingerprint density at radius 3 is 2.40 bits per heavy atom. The van der Waals surface area contributed by atoms with Crippen LogP contribution in [0.4, 0.5) is 14.5 Å². The second-order valence-electron chi connectivity index (χ2n) is 8.19. The molecular weight excluding hydrogens is 394 g/mol. The fourth-order valence-corrected chi connectivity index (χ4v) is 3.74. The first kappa shape index (κ1) is 22.5. The van der Waals surface area contributed by atoms with Crippen LogP contribution < -0.4 is 16.4 Å². The number of amides is 1. The number of nitrogens with two attached hydrogens (primary N) is 2. The zero-order chi connectivity index (χ0) is 21.7. The molecule has 5 N–H and O–H groups in total. The van der Waals surface area contributed by atoms with Crippen molar-refractivity contribution >= 4 is 11.6 Å². The Labute approximate surface area is 175 Å². The first-order valence-corrected chi connectivity index (χ1v) is 10.3. The van der Waals surface area contributed by atoms with Crippen molar-refractivity contribution in [3.8, 4) is 0 Å². The summed E-state index contributed by atoms with van der Waals surface area (Å²) in [5.41, 5.74) is 6.76. The molecule has 0 spiro atoms. The predicted molar refractivity (Wildman–Crippen MR) is 108 cm³/mol. The number of hydrogen-bond acceptors (Lipinski definition) is 5. The standard InChI is InChI=1S/C21H30F2N4O3/c1-14(24)18(27-7-5-25-6-8-27)19(30-13-21(3-4-21)12-29-2)20(28)26-17-10-15(22)9-16(23)11-17/h9-11,14,25H,3-8,12-13,24H2,1-2H3,(H,26,28)/p+1/b19-18-. The van der Waals surface area contributed by atoms with Crippen LogP contribution in [-0.4, -0.2) is 63.4 Å². The smallest absolute Gasteiger partial charge is 0.292 e. The van der Waals surface area contributed by atoms with Gasteiger partial charge in [-0.3, -0.25) is 4.79 Å². The molecule has 3 rings (SSSR count). The number of quaternary nitrogens is 1. The quantitative estimate of drug-likeness (QED) is 0.402. The number of nitrogens with zero attached hydrogens (tertiary/aromatic N) is 1. The summed E-state index contributed by atoms with van der Waals surface area (Å²) in [7, 11) is 1.64. The van der Waals surface area contributed by atoms with Crippen LogP contribution in [0, 0.1) is 17.0 Å². The van der Waals surface area contributed by atoms with Crippen LogP contribution in [0.1, 0.15) is 19.8 Å². The summed E-state index contributed by atoms with van der Waals surface area (Å²) in [5, 5.41) is 4.76. The van der Waals surface area contributed by atoms with Crippen LogP contribution in [-0.2, 0) is 14.3 Å². The van der Waals surface area contributed by atoms with Gasteiger partial charge in [0.2, 0.25) is 5.76 Å². The second-order valence-corrected chi connectivity index (χ2v) is 8.19. The molecule has 1 aromatic rings. The minimum Gasteiger partial charge on any atom is -0.486 e. The molecule has 166 valence electrons. The average Bonchev–Trinajstić information content (AvgIpc) is 3.44. The van der Waals surface area contributed by atoms with E-state index in [1.54, 1.807) is 14.0 Å². The molecule has 1 aromatic carbocycles. The molecule has 7 nitrogen and oxygen atoms in total. The van der Waals surface area contributed by atoms with Crippen molar-refractivity contribution in [1.29, 1.82) is 0 Å². The molecule has 1 heterocycles. The molecular formula is C21H31F2N4O3+. The molecule has 30 heavy (non-hydrogen) atoms. The lowest BCUT2D eigenvalue weighted by Gasteiger charge is -2.33. The Morgan fingerprint density at radius 1 is 1.23 bits per heavy atom. The Balaban J connectivity index is 1.89. The largest absolute Gasteiger partial charge is 0.486 e. The number of piperazine rings is 1. The Hall–Kier alpha value is -2.23. The maximum Gasteiger partial charge on any atom is 0.292 e. The maximum absolute atomic E-state index is 13.6. The first-order chi connectivity index (χ1) is 14.3. The maximum atomic E-state index is 13.6. The molecule has 1 aliphatic carbocycles. The summed E-state index contributed by atoms with van der Waals surface area (Å²) >= 11 is 0. The third-order valence-electron chi connectivity index (χ3n) is 5.47. The van der Waals surface area contributed by atoms with E-state index in [4.69, 9.17) is 15.2 Å². The van der Waals surface area contributed by atoms with Crippen molar-refractivity contribution in [2.45, 2.75) is 25.8 Å². The van der Waals surface area contributed by atoms with E-state index in [-0.39, 0.29) is 16.9 Å². The van der Waals surface area contributed by atoms with Crippen molar-refractivity contribution in [2.24, 2.45) is 11.1 Å². The Morgan fingerprint density at radius 2 is 1.87 bits per heavy atom. The number of benzene rings is 1. The zero-order valence-corrected chi connectivity index (χ0v) is 17.5. The van der Waals surface area contributed by atoms with Crippen LogP contribution in [0.25, 0.3) is 0 Å². The lowest BCUT2D eigenvalue weighted by Crippen LogP contribution is -2.89. The van der Waals surface area contributed by atoms with Crippen molar-refractivity contribution in [1.82, 2.24) is 4.90 Å². The van der Waals surface area contributed by atoms with Crippen molar-refractivity contribution < 1.29 is 28.4 Å². The van der Waals surface area contributed by atoms with Crippen molar-refractivity contribution in [3.05, 3.63) is 41.3 Å². The predicted octanol–water partition coefficient (Wildman–Crippen LogP) is 0.784. The van der Waals surface area contributed by atoms with E-state index < -0.39 is 23.6 Å². The lowest BCUT2D eigenvalue weighted by molar-refractivity contribution is -0.662. The van der Waals surface area contributed by atoms with E-state index in [0.29, 0.717) is 18.9 Å². The molecule has 1 saturated heterocycles. The van der Waals surface area contributed by atoms with Crippen LogP contribution >= 0.6 is 0 Å². The molecule has 9 heteroatoms. The lowest BCUT2D eigenvalue weighted by atomic mass is 10.1. The van der Waals surface area contributed by atoms with E-state index in [2.05, 4.69) is 15.5 Å². The van der Waals surface area contributed by atoms with Gasteiger partial charge in [-0.25, -0.2) is 8.78 Å². The number of carbonyl (C=O) groups is 1. The summed E-state index contributed by atoms with van der Waals surface area (Å²) in [6.45, 7) is 5.89. The minimum absolute atomic E-state index is 0.0210. The average molecular weight is 426 g/mol. The zero-order valence-electron chi connectivity index (χ0n) is 17.5. The van der Waals surface area contributed by atoms with Crippen LogP contribution in [0.2, 0.25) is 0 Å². The Bertz CT molecular complexity index is 770. The van der Waals surface area contributed by atoms with Crippen molar-refractivity contribution in [2.75, 3.05) is 51.8 Å². The fourth-order valence-electron chi connectivity index (χ4n) is 3.74. The highest BCUT2D eigenvalue weighted by Crippen LogP contribution is 2.46. The van der Waals surface area contributed by atoms with Crippen LogP contribution in [0.3, 0.4) is 0 Å². The van der Waals surface area contributed by atoms with Gasteiger partial charge >= 0.3 is 0 Å². The van der Waals surface area contributed by atoms with Gasteiger partial charge in [0.05, 0.1) is 45.1 Å². The van der Waals surface area contributed by atoms with Crippen LogP contribution in [0.5, 0.6) is 0 Å². The normalized spacial score (nSPS) is 19.7. The van der Waals surface area contributed by atoms with Gasteiger partial charge in [-0.2, -0.15) is 0 Å². The van der Waals surface area contributed by atoms with Gasteiger partial charge in [-0.05, 0) is 31.9 Å². The monoisotopic (exact) mass is 425 g/mol. The van der Waals surface area contributed by atoms with E-state index in [9.17, 15) is 13.6 Å². The van der Waals surface area contributed by atoms with Gasteiger partial charge in [0.25, 0.3) is 5.91 Å². The van der Waals surface area contributed by atoms with Gasteiger partial charge in [0, 0.05) is 30.3 Å². The van der Waals surface area contributed by atoms with Gasteiger partial charge < -0.3 is 30.7 Å². The van der Waals surface area contributed by atoms with Gasteiger partial charge in [-0.15, -0.1) is 0 Å². The highest BCUT2D eigenvalue weighted by molar-refractivity contribution is 6.02.